The molecule has 5 rings (SSSR count). The lowest BCUT2D eigenvalue weighted by Crippen LogP contribution is -2.22. The third kappa shape index (κ3) is 5.22. The van der Waals surface area contributed by atoms with Gasteiger partial charge in [0.25, 0.3) is 5.91 Å². The number of pyridine rings is 2. The summed E-state index contributed by atoms with van der Waals surface area (Å²) in [6.07, 6.45) is 5.33. The van der Waals surface area contributed by atoms with Gasteiger partial charge in [0.05, 0.1) is 34.6 Å². The number of nitrogens with zero attached hydrogens (tertiary/aromatic N) is 2. The highest BCUT2D eigenvalue weighted by atomic mass is 32.1. The minimum Gasteiger partial charge on any atom is -0.462 e. The van der Waals surface area contributed by atoms with Crippen LogP contribution in [-0.4, -0.2) is 41.0 Å². The van der Waals surface area contributed by atoms with E-state index in [1.165, 1.54) is 11.3 Å². The molecule has 0 fully saturated rings. The molecule has 0 saturated heterocycles. The highest BCUT2D eigenvalue weighted by Gasteiger charge is 2.27. The van der Waals surface area contributed by atoms with E-state index in [1.807, 2.05) is 18.2 Å². The number of para-hydroxylation sites is 1. The van der Waals surface area contributed by atoms with E-state index in [0.717, 1.165) is 36.1 Å². The number of ether oxygens (including phenoxy) is 2. The number of rotatable bonds is 7. The normalized spacial score (nSPS) is 12.6. The largest absolute Gasteiger partial charge is 0.462 e. The molecule has 188 valence electrons. The molecule has 1 aromatic carbocycles. The lowest BCUT2D eigenvalue weighted by atomic mass is 9.95. The first-order chi connectivity index (χ1) is 18.0. The zero-order chi connectivity index (χ0) is 25.8. The van der Waals surface area contributed by atoms with E-state index in [1.54, 1.807) is 43.5 Å². The highest BCUT2D eigenvalue weighted by molar-refractivity contribution is 7.17. The Hall–Kier alpha value is -4.11. The Kier molecular flexibility index (Phi) is 7.23. The molecule has 1 aliphatic carbocycles. The third-order valence-electron chi connectivity index (χ3n) is 6.10. The monoisotopic (exact) mass is 515 g/mol. The maximum atomic E-state index is 13.1. The van der Waals surface area contributed by atoms with Crippen molar-refractivity contribution in [3.8, 4) is 11.4 Å². The number of aryl methyl sites for hydroxylation is 1. The Morgan fingerprint density at radius 3 is 2.59 bits per heavy atom. The Bertz CT molecular complexity index is 1480. The van der Waals surface area contributed by atoms with Crippen molar-refractivity contribution < 1.29 is 23.9 Å². The number of nitrogens with one attached hydrogen (secondary N) is 1. The van der Waals surface area contributed by atoms with Crippen molar-refractivity contribution in [3.63, 3.8) is 0 Å². The molecule has 4 aromatic rings. The van der Waals surface area contributed by atoms with Crippen molar-refractivity contribution in [2.75, 3.05) is 18.5 Å². The van der Waals surface area contributed by atoms with Gasteiger partial charge in [0.1, 0.15) is 5.00 Å². The summed E-state index contributed by atoms with van der Waals surface area (Å²) < 4.78 is 10.6. The van der Waals surface area contributed by atoms with Crippen molar-refractivity contribution in [1.82, 2.24) is 9.97 Å². The number of hydrogen-bond acceptors (Lipinski definition) is 8. The molecule has 3 heterocycles. The standard InChI is InChI=1S/C28H25N3O5S/c1-2-35-28(34)25-18-10-4-6-13-23(18)37-26(25)31-24(32)16-36-27(33)19-15-22(21-12-7-8-14-29-21)30-20-11-5-3-9-17(19)20/h3,5,7-9,11-12,14-15H,2,4,6,10,13,16H2,1H3,(H,31,32). The number of benzene rings is 1. The highest BCUT2D eigenvalue weighted by Crippen LogP contribution is 2.38. The maximum absolute atomic E-state index is 13.1. The second kappa shape index (κ2) is 10.9. The SMILES string of the molecule is CCOC(=O)c1c(NC(=O)COC(=O)c2cc(-c3ccccn3)nc3ccccc23)sc2c1CCCC2. The predicted octanol–water partition coefficient (Wildman–Crippen LogP) is 5.21. The first-order valence-electron chi connectivity index (χ1n) is 12.1. The van der Waals surface area contributed by atoms with E-state index in [-0.39, 0.29) is 12.2 Å². The van der Waals surface area contributed by atoms with Crippen LogP contribution in [0.1, 0.15) is 50.9 Å². The molecule has 0 unspecified atom stereocenters. The van der Waals surface area contributed by atoms with E-state index in [2.05, 4.69) is 15.3 Å². The van der Waals surface area contributed by atoms with Gasteiger partial charge < -0.3 is 14.8 Å². The molecule has 0 radical (unpaired) electrons. The van der Waals surface area contributed by atoms with Gasteiger partial charge in [-0.1, -0.05) is 24.3 Å². The van der Waals surface area contributed by atoms with Gasteiger partial charge in [-0.2, -0.15) is 0 Å². The Morgan fingerprint density at radius 2 is 1.78 bits per heavy atom. The van der Waals surface area contributed by atoms with Crippen LogP contribution in [0.25, 0.3) is 22.3 Å². The van der Waals surface area contributed by atoms with Crippen LogP contribution in [0.3, 0.4) is 0 Å². The molecule has 1 N–H and O–H groups in total. The van der Waals surface area contributed by atoms with Gasteiger partial charge in [-0.25, -0.2) is 14.6 Å². The molecule has 0 aliphatic heterocycles. The average molecular weight is 516 g/mol. The van der Waals surface area contributed by atoms with Crippen LogP contribution < -0.4 is 5.32 Å². The fraction of sp³-hybridized carbons (Fsp3) is 0.250. The molecule has 1 amide bonds. The van der Waals surface area contributed by atoms with Crippen LogP contribution in [0.15, 0.2) is 54.7 Å². The Labute approximate surface area is 217 Å². The maximum Gasteiger partial charge on any atom is 0.341 e. The van der Waals surface area contributed by atoms with Crippen LogP contribution in [0, 0.1) is 0 Å². The van der Waals surface area contributed by atoms with Gasteiger partial charge in [0, 0.05) is 16.5 Å². The van der Waals surface area contributed by atoms with Crippen molar-refractivity contribution in [2.24, 2.45) is 0 Å². The van der Waals surface area contributed by atoms with E-state index in [4.69, 9.17) is 9.47 Å². The molecule has 0 atom stereocenters. The first kappa shape index (κ1) is 24.6. The molecule has 9 heteroatoms. The zero-order valence-corrected chi connectivity index (χ0v) is 21.1. The summed E-state index contributed by atoms with van der Waals surface area (Å²) in [5, 5.41) is 3.82. The molecule has 3 aromatic heterocycles. The molecular formula is C28H25N3O5S. The number of carbonyl (C=O) groups excluding carboxylic acids is 3. The van der Waals surface area contributed by atoms with Gasteiger partial charge in [-0.05, 0) is 62.4 Å². The number of anilines is 1. The van der Waals surface area contributed by atoms with Crippen molar-refractivity contribution in [3.05, 3.63) is 76.3 Å². The number of amides is 1. The lowest BCUT2D eigenvalue weighted by molar-refractivity contribution is -0.119. The van der Waals surface area contributed by atoms with Crippen molar-refractivity contribution >= 4 is 45.1 Å². The number of esters is 2. The molecule has 0 bridgehead atoms. The number of carbonyl (C=O) groups is 3. The minimum atomic E-state index is -0.651. The summed E-state index contributed by atoms with van der Waals surface area (Å²) in [6, 6.07) is 14.3. The van der Waals surface area contributed by atoms with Crippen LogP contribution in [-0.2, 0) is 27.1 Å². The van der Waals surface area contributed by atoms with Crippen LogP contribution in [0.4, 0.5) is 5.00 Å². The smallest absolute Gasteiger partial charge is 0.341 e. The summed E-state index contributed by atoms with van der Waals surface area (Å²) in [6.45, 7) is 1.49. The Morgan fingerprint density at radius 1 is 0.973 bits per heavy atom. The third-order valence-corrected chi connectivity index (χ3v) is 7.31. The second-order valence-electron chi connectivity index (χ2n) is 8.55. The number of hydrogen-bond donors (Lipinski definition) is 1. The molecule has 0 saturated carbocycles. The quantitative estimate of drug-likeness (QED) is 0.337. The van der Waals surface area contributed by atoms with Gasteiger partial charge >= 0.3 is 11.9 Å². The van der Waals surface area contributed by atoms with Crippen LogP contribution >= 0.6 is 11.3 Å². The summed E-state index contributed by atoms with van der Waals surface area (Å²) in [4.78, 5) is 48.6. The topological polar surface area (TPSA) is 107 Å². The average Bonchev–Trinajstić information content (AvgIpc) is 3.29. The van der Waals surface area contributed by atoms with E-state index in [9.17, 15) is 14.4 Å². The fourth-order valence-electron chi connectivity index (χ4n) is 4.43. The van der Waals surface area contributed by atoms with E-state index in [0.29, 0.717) is 32.9 Å². The van der Waals surface area contributed by atoms with Gasteiger partial charge in [-0.15, -0.1) is 11.3 Å². The predicted molar refractivity (Wildman–Crippen MR) is 141 cm³/mol. The van der Waals surface area contributed by atoms with Gasteiger partial charge in [0.2, 0.25) is 0 Å². The zero-order valence-electron chi connectivity index (χ0n) is 20.3. The van der Waals surface area contributed by atoms with E-state index >= 15 is 0 Å². The summed E-state index contributed by atoms with van der Waals surface area (Å²) in [5.74, 6) is -1.62. The number of thiophene rings is 1. The summed E-state index contributed by atoms with van der Waals surface area (Å²) in [5.41, 5.74) is 3.42. The molecular weight excluding hydrogens is 490 g/mol. The molecule has 37 heavy (non-hydrogen) atoms. The second-order valence-corrected chi connectivity index (χ2v) is 9.65. The fourth-order valence-corrected chi connectivity index (χ4v) is 5.73. The van der Waals surface area contributed by atoms with Crippen LogP contribution in [0.5, 0.6) is 0 Å². The molecule has 0 spiro atoms. The lowest BCUT2D eigenvalue weighted by Gasteiger charge is -2.12. The first-order valence-corrected chi connectivity index (χ1v) is 13.0. The van der Waals surface area contributed by atoms with Crippen LogP contribution in [0.2, 0.25) is 0 Å². The number of aromatic nitrogens is 2. The molecule has 8 nitrogen and oxygen atoms in total. The van der Waals surface area contributed by atoms with Gasteiger partial charge in [-0.3, -0.25) is 9.78 Å². The summed E-state index contributed by atoms with van der Waals surface area (Å²) >= 11 is 1.39. The molecule has 1 aliphatic rings. The summed E-state index contributed by atoms with van der Waals surface area (Å²) in [7, 11) is 0. The van der Waals surface area contributed by atoms with Crippen molar-refractivity contribution in [1.29, 1.82) is 0 Å². The minimum absolute atomic E-state index is 0.245. The van der Waals surface area contributed by atoms with Gasteiger partial charge in [0.15, 0.2) is 6.61 Å². The van der Waals surface area contributed by atoms with E-state index < -0.39 is 24.5 Å². The Balaban J connectivity index is 1.35. The number of fused-ring (bicyclic) bond motifs is 2. The van der Waals surface area contributed by atoms with Crippen molar-refractivity contribution in [2.45, 2.75) is 32.6 Å².